The first-order chi connectivity index (χ1) is 8.91. The molecule has 0 aliphatic rings. The Balaban J connectivity index is 2.36. The summed E-state index contributed by atoms with van der Waals surface area (Å²) in [5.74, 6) is 1.71. The van der Waals surface area contributed by atoms with Gasteiger partial charge in [0.15, 0.2) is 5.78 Å². The molecule has 19 heavy (non-hydrogen) atoms. The molecular weight excluding hydrogens is 236 g/mol. The van der Waals surface area contributed by atoms with Crippen LogP contribution in [0.2, 0.25) is 0 Å². The fourth-order valence-corrected chi connectivity index (χ4v) is 2.58. The van der Waals surface area contributed by atoms with Crippen molar-refractivity contribution in [2.75, 3.05) is 0 Å². The van der Waals surface area contributed by atoms with E-state index in [1.165, 1.54) is 11.1 Å². The summed E-state index contributed by atoms with van der Waals surface area (Å²) in [6, 6.07) is 6.13. The largest absolute Gasteiger partial charge is 0.466 e. The summed E-state index contributed by atoms with van der Waals surface area (Å²) >= 11 is 0. The van der Waals surface area contributed by atoms with Crippen LogP contribution in [0.1, 0.15) is 44.1 Å². The molecule has 0 aliphatic carbocycles. The van der Waals surface area contributed by atoms with Gasteiger partial charge in [0, 0.05) is 12.0 Å². The fraction of sp³-hybridized carbons (Fsp3) is 0.353. The van der Waals surface area contributed by atoms with Crippen LogP contribution in [0.5, 0.6) is 0 Å². The topological polar surface area (TPSA) is 30.2 Å². The Bertz CT molecular complexity index is 613. The molecule has 0 atom stereocenters. The molecule has 2 heteroatoms. The maximum absolute atomic E-state index is 12.5. The average molecular weight is 256 g/mol. The molecule has 0 aliphatic heterocycles. The first-order valence-electron chi connectivity index (χ1n) is 6.56. The molecule has 0 bridgehead atoms. The Labute approximate surface area is 114 Å². The number of aryl methyl sites for hydroxylation is 4. The fourth-order valence-electron chi connectivity index (χ4n) is 2.58. The molecule has 0 radical (unpaired) electrons. The SMILES string of the molecule is Cc1cccc(C)c1CC(=O)c1c(C)oc(C)c1C. The second-order valence-electron chi connectivity index (χ2n) is 5.18. The van der Waals surface area contributed by atoms with Gasteiger partial charge in [-0.15, -0.1) is 0 Å². The zero-order chi connectivity index (χ0) is 14.2. The highest BCUT2D eigenvalue weighted by molar-refractivity contribution is 6.00. The van der Waals surface area contributed by atoms with Gasteiger partial charge in [0.25, 0.3) is 0 Å². The highest BCUT2D eigenvalue weighted by Crippen LogP contribution is 2.24. The van der Waals surface area contributed by atoms with E-state index < -0.39 is 0 Å². The standard InChI is InChI=1S/C17H20O2/c1-10-7-6-8-11(2)15(10)9-16(18)17-12(3)13(4)19-14(17)5/h6-8H,9H2,1-5H3. The third kappa shape index (κ3) is 2.48. The van der Waals surface area contributed by atoms with Crippen molar-refractivity contribution in [3.63, 3.8) is 0 Å². The molecule has 0 saturated heterocycles. The number of furan rings is 1. The van der Waals surface area contributed by atoms with Crippen molar-refractivity contribution < 1.29 is 9.21 Å². The smallest absolute Gasteiger partial charge is 0.171 e. The van der Waals surface area contributed by atoms with Gasteiger partial charge in [0.1, 0.15) is 11.5 Å². The van der Waals surface area contributed by atoms with Crippen molar-refractivity contribution in [3.8, 4) is 0 Å². The van der Waals surface area contributed by atoms with Gasteiger partial charge >= 0.3 is 0 Å². The predicted octanol–water partition coefficient (Wildman–Crippen LogP) is 4.25. The molecule has 1 aromatic carbocycles. The highest BCUT2D eigenvalue weighted by atomic mass is 16.3. The molecule has 1 aromatic heterocycles. The molecule has 0 amide bonds. The first-order valence-corrected chi connectivity index (χ1v) is 6.56. The lowest BCUT2D eigenvalue weighted by Gasteiger charge is -2.09. The number of hydrogen-bond acceptors (Lipinski definition) is 2. The maximum Gasteiger partial charge on any atom is 0.171 e. The average Bonchev–Trinajstić information content (AvgIpc) is 2.58. The zero-order valence-electron chi connectivity index (χ0n) is 12.3. The van der Waals surface area contributed by atoms with Crippen molar-refractivity contribution in [1.29, 1.82) is 0 Å². The second kappa shape index (κ2) is 5.04. The van der Waals surface area contributed by atoms with Crippen LogP contribution in [0.25, 0.3) is 0 Å². The van der Waals surface area contributed by atoms with Crippen LogP contribution in [0, 0.1) is 34.6 Å². The van der Waals surface area contributed by atoms with Crippen LogP contribution in [0.15, 0.2) is 22.6 Å². The van der Waals surface area contributed by atoms with Crippen LogP contribution in [0.3, 0.4) is 0 Å². The van der Waals surface area contributed by atoms with E-state index in [0.717, 1.165) is 28.2 Å². The zero-order valence-corrected chi connectivity index (χ0v) is 12.3. The summed E-state index contributed by atoms with van der Waals surface area (Å²) in [5.41, 5.74) is 5.19. The van der Waals surface area contributed by atoms with Crippen LogP contribution < -0.4 is 0 Å². The number of rotatable bonds is 3. The van der Waals surface area contributed by atoms with Gasteiger partial charge in [-0.05, 0) is 51.3 Å². The first kappa shape index (κ1) is 13.6. The lowest BCUT2D eigenvalue weighted by Crippen LogP contribution is -2.08. The minimum Gasteiger partial charge on any atom is -0.466 e. The van der Waals surface area contributed by atoms with Crippen molar-refractivity contribution in [3.05, 3.63) is 57.5 Å². The molecule has 100 valence electrons. The highest BCUT2D eigenvalue weighted by Gasteiger charge is 2.19. The molecule has 0 fully saturated rings. The summed E-state index contributed by atoms with van der Waals surface area (Å²) in [5, 5.41) is 0. The third-order valence-electron chi connectivity index (χ3n) is 3.82. The number of carbonyl (C=O) groups is 1. The minimum atomic E-state index is 0.143. The van der Waals surface area contributed by atoms with Crippen molar-refractivity contribution >= 4 is 5.78 Å². The molecule has 0 unspecified atom stereocenters. The van der Waals surface area contributed by atoms with Crippen molar-refractivity contribution in [2.24, 2.45) is 0 Å². The van der Waals surface area contributed by atoms with Crippen LogP contribution in [-0.4, -0.2) is 5.78 Å². The molecule has 0 spiro atoms. The van der Waals surface area contributed by atoms with Gasteiger partial charge in [0.2, 0.25) is 0 Å². The van der Waals surface area contributed by atoms with Gasteiger partial charge in [0.05, 0.1) is 5.56 Å². The lowest BCUT2D eigenvalue weighted by molar-refractivity contribution is 0.0990. The predicted molar refractivity (Wildman–Crippen MR) is 76.9 cm³/mol. The van der Waals surface area contributed by atoms with Crippen LogP contribution in [0.4, 0.5) is 0 Å². The molecule has 1 heterocycles. The molecular formula is C17H20O2. The number of hydrogen-bond donors (Lipinski definition) is 0. The Morgan fingerprint density at radius 3 is 2.05 bits per heavy atom. The van der Waals surface area contributed by atoms with E-state index in [2.05, 4.69) is 26.0 Å². The van der Waals surface area contributed by atoms with Crippen molar-refractivity contribution in [2.45, 2.75) is 41.0 Å². The normalized spacial score (nSPS) is 10.8. The van der Waals surface area contributed by atoms with E-state index in [9.17, 15) is 4.79 Å². The van der Waals surface area contributed by atoms with E-state index in [4.69, 9.17) is 4.42 Å². The van der Waals surface area contributed by atoms with E-state index in [1.54, 1.807) is 0 Å². The molecule has 0 N–H and O–H groups in total. The molecule has 0 saturated carbocycles. The number of carbonyl (C=O) groups excluding carboxylic acids is 1. The van der Waals surface area contributed by atoms with E-state index >= 15 is 0 Å². The van der Waals surface area contributed by atoms with Crippen LogP contribution in [-0.2, 0) is 6.42 Å². The minimum absolute atomic E-state index is 0.143. The number of Topliss-reactive ketones (excluding diaryl/α,β-unsaturated/α-hetero) is 1. The Morgan fingerprint density at radius 1 is 1.00 bits per heavy atom. The molecule has 2 rings (SSSR count). The summed E-state index contributed by atoms with van der Waals surface area (Å²) in [6.45, 7) is 9.81. The number of benzene rings is 1. The lowest BCUT2D eigenvalue weighted by atomic mass is 9.94. The van der Waals surface area contributed by atoms with Gasteiger partial charge in [-0.3, -0.25) is 4.79 Å². The van der Waals surface area contributed by atoms with E-state index in [1.807, 2.05) is 26.8 Å². The Kier molecular flexibility index (Phi) is 3.61. The summed E-state index contributed by atoms with van der Waals surface area (Å²) < 4.78 is 5.54. The van der Waals surface area contributed by atoms with Crippen molar-refractivity contribution in [1.82, 2.24) is 0 Å². The van der Waals surface area contributed by atoms with E-state index in [-0.39, 0.29) is 5.78 Å². The van der Waals surface area contributed by atoms with Gasteiger partial charge in [-0.1, -0.05) is 18.2 Å². The second-order valence-corrected chi connectivity index (χ2v) is 5.18. The summed E-state index contributed by atoms with van der Waals surface area (Å²) in [6.07, 6.45) is 0.444. The molecule has 2 nitrogen and oxygen atoms in total. The monoisotopic (exact) mass is 256 g/mol. The van der Waals surface area contributed by atoms with Gasteiger partial charge < -0.3 is 4.42 Å². The summed E-state index contributed by atoms with van der Waals surface area (Å²) in [7, 11) is 0. The van der Waals surface area contributed by atoms with E-state index in [0.29, 0.717) is 6.42 Å². The Hall–Kier alpha value is -1.83. The Morgan fingerprint density at radius 2 is 1.58 bits per heavy atom. The quantitative estimate of drug-likeness (QED) is 0.769. The summed E-state index contributed by atoms with van der Waals surface area (Å²) in [4.78, 5) is 12.5. The maximum atomic E-state index is 12.5. The van der Waals surface area contributed by atoms with Gasteiger partial charge in [-0.25, -0.2) is 0 Å². The third-order valence-corrected chi connectivity index (χ3v) is 3.82. The molecule has 2 aromatic rings. The number of ketones is 1. The van der Waals surface area contributed by atoms with Gasteiger partial charge in [-0.2, -0.15) is 0 Å². The van der Waals surface area contributed by atoms with Crippen LogP contribution >= 0.6 is 0 Å².